The molecule has 1 aliphatic heterocycles. The lowest BCUT2D eigenvalue weighted by atomic mass is 10.1. The second kappa shape index (κ2) is 4.01. The van der Waals surface area contributed by atoms with Crippen molar-refractivity contribution < 1.29 is 4.79 Å². The Morgan fingerprint density at radius 2 is 2.67 bits per heavy atom. The Morgan fingerprint density at radius 1 is 1.92 bits per heavy atom. The number of rotatable bonds is 3. The summed E-state index contributed by atoms with van der Waals surface area (Å²) < 4.78 is 0. The van der Waals surface area contributed by atoms with E-state index in [-0.39, 0.29) is 5.91 Å². The molecule has 0 saturated carbocycles. The van der Waals surface area contributed by atoms with Gasteiger partial charge in [-0.1, -0.05) is 0 Å². The highest BCUT2D eigenvalue weighted by molar-refractivity contribution is 5.81. The van der Waals surface area contributed by atoms with E-state index in [1.807, 2.05) is 6.21 Å². The van der Waals surface area contributed by atoms with Crippen molar-refractivity contribution in [3.8, 4) is 0 Å². The zero-order chi connectivity index (χ0) is 8.97. The number of likely N-dealkylation sites (N-methyl/N-ethyl adjacent to an activating group) is 1. The average Bonchev–Trinajstić information content (AvgIpc) is 2.55. The first-order chi connectivity index (χ1) is 5.74. The van der Waals surface area contributed by atoms with E-state index >= 15 is 0 Å². The van der Waals surface area contributed by atoms with E-state index in [4.69, 9.17) is 5.73 Å². The molecule has 1 aliphatic rings. The summed E-state index contributed by atoms with van der Waals surface area (Å²) in [5, 5.41) is 2.51. The van der Waals surface area contributed by atoms with Gasteiger partial charge in [-0.3, -0.25) is 9.79 Å². The van der Waals surface area contributed by atoms with Crippen molar-refractivity contribution in [3.63, 3.8) is 0 Å². The second-order valence-corrected chi connectivity index (χ2v) is 2.75. The van der Waals surface area contributed by atoms with E-state index in [1.165, 1.54) is 0 Å². The van der Waals surface area contributed by atoms with Gasteiger partial charge in [0.2, 0.25) is 5.91 Å². The van der Waals surface area contributed by atoms with Crippen LogP contribution >= 0.6 is 0 Å². The molecule has 4 nitrogen and oxygen atoms in total. The number of aliphatic imine (C=N–C) groups is 1. The smallest absolute Gasteiger partial charge is 0.236 e. The Bertz CT molecular complexity index is 232. The highest BCUT2D eigenvalue weighted by Crippen LogP contribution is 2.12. The fourth-order valence-electron chi connectivity index (χ4n) is 1.08. The topological polar surface area (TPSA) is 67.5 Å². The lowest BCUT2D eigenvalue weighted by Crippen LogP contribution is -2.38. The number of hydrogen-bond acceptors (Lipinski definition) is 3. The maximum absolute atomic E-state index is 11.0. The summed E-state index contributed by atoms with van der Waals surface area (Å²) in [7, 11) is 1.59. The van der Waals surface area contributed by atoms with Crippen molar-refractivity contribution in [1.82, 2.24) is 5.32 Å². The molecule has 3 N–H and O–H groups in total. The predicted octanol–water partition coefficient (Wildman–Crippen LogP) is -0.192. The second-order valence-electron chi connectivity index (χ2n) is 2.75. The molecular weight excluding hydrogens is 154 g/mol. The first-order valence-electron chi connectivity index (χ1n) is 3.90. The fraction of sp³-hybridized carbons (Fsp3) is 0.500. The number of amides is 1. The molecule has 0 saturated heterocycles. The molecule has 1 amide bonds. The SMILES string of the molecule is CNC(=O)[C@@H](N)CC1=CN=CC1. The molecular formula is C8H13N3O. The van der Waals surface area contributed by atoms with Gasteiger partial charge in [-0.05, 0) is 12.0 Å². The minimum atomic E-state index is -0.442. The van der Waals surface area contributed by atoms with Crippen LogP contribution in [0.1, 0.15) is 12.8 Å². The normalized spacial score (nSPS) is 17.3. The molecule has 4 heteroatoms. The van der Waals surface area contributed by atoms with Crippen molar-refractivity contribution >= 4 is 12.1 Å². The molecule has 0 radical (unpaired) electrons. The quantitative estimate of drug-likeness (QED) is 0.611. The van der Waals surface area contributed by atoms with Crippen LogP contribution in [0.25, 0.3) is 0 Å². The lowest BCUT2D eigenvalue weighted by Gasteiger charge is -2.09. The molecule has 12 heavy (non-hydrogen) atoms. The maximum atomic E-state index is 11.0. The number of nitrogens with two attached hydrogens (primary N) is 1. The van der Waals surface area contributed by atoms with Crippen molar-refractivity contribution in [1.29, 1.82) is 0 Å². The van der Waals surface area contributed by atoms with Gasteiger partial charge in [0.25, 0.3) is 0 Å². The number of nitrogens with zero attached hydrogens (tertiary/aromatic N) is 1. The van der Waals surface area contributed by atoms with Gasteiger partial charge >= 0.3 is 0 Å². The van der Waals surface area contributed by atoms with Gasteiger partial charge in [0.15, 0.2) is 0 Å². The molecule has 0 aliphatic carbocycles. The van der Waals surface area contributed by atoms with Gasteiger partial charge in [-0.25, -0.2) is 0 Å². The van der Waals surface area contributed by atoms with E-state index in [0.29, 0.717) is 6.42 Å². The summed E-state index contributed by atoms with van der Waals surface area (Å²) in [6, 6.07) is -0.442. The van der Waals surface area contributed by atoms with Crippen LogP contribution in [0.2, 0.25) is 0 Å². The molecule has 0 aromatic rings. The van der Waals surface area contributed by atoms with Gasteiger partial charge in [0.05, 0.1) is 6.04 Å². The minimum Gasteiger partial charge on any atom is -0.358 e. The van der Waals surface area contributed by atoms with Crippen LogP contribution in [0.3, 0.4) is 0 Å². The Kier molecular flexibility index (Phi) is 2.99. The Balaban J connectivity index is 2.36. The predicted molar refractivity (Wildman–Crippen MR) is 47.9 cm³/mol. The third kappa shape index (κ3) is 2.17. The molecule has 0 fully saturated rings. The molecule has 1 rings (SSSR count). The van der Waals surface area contributed by atoms with Crippen molar-refractivity contribution in [2.24, 2.45) is 10.7 Å². The molecule has 0 spiro atoms. The first-order valence-corrected chi connectivity index (χ1v) is 3.90. The maximum Gasteiger partial charge on any atom is 0.236 e. The molecule has 1 atom stereocenters. The van der Waals surface area contributed by atoms with Gasteiger partial charge < -0.3 is 11.1 Å². The van der Waals surface area contributed by atoms with E-state index in [9.17, 15) is 4.79 Å². The molecule has 0 unspecified atom stereocenters. The minimum absolute atomic E-state index is 0.122. The summed E-state index contributed by atoms with van der Waals surface area (Å²) in [5.74, 6) is -0.122. The van der Waals surface area contributed by atoms with Gasteiger partial charge in [0.1, 0.15) is 0 Å². The summed E-state index contributed by atoms with van der Waals surface area (Å²) in [6.45, 7) is 0. The zero-order valence-electron chi connectivity index (χ0n) is 7.08. The largest absolute Gasteiger partial charge is 0.358 e. The van der Waals surface area contributed by atoms with Gasteiger partial charge in [-0.2, -0.15) is 0 Å². The van der Waals surface area contributed by atoms with Crippen molar-refractivity contribution in [3.05, 3.63) is 11.8 Å². The van der Waals surface area contributed by atoms with Gasteiger partial charge in [-0.15, -0.1) is 0 Å². The Morgan fingerprint density at radius 3 is 3.17 bits per heavy atom. The highest BCUT2D eigenvalue weighted by atomic mass is 16.2. The van der Waals surface area contributed by atoms with Crippen LogP contribution in [-0.4, -0.2) is 25.2 Å². The molecule has 1 heterocycles. The van der Waals surface area contributed by atoms with E-state index < -0.39 is 6.04 Å². The number of hydrogen-bond donors (Lipinski definition) is 2. The van der Waals surface area contributed by atoms with Crippen LogP contribution in [-0.2, 0) is 4.79 Å². The Labute approximate surface area is 71.5 Å². The molecule has 66 valence electrons. The summed E-state index contributed by atoms with van der Waals surface area (Å²) in [4.78, 5) is 14.9. The summed E-state index contributed by atoms with van der Waals surface area (Å²) in [5.41, 5.74) is 6.72. The van der Waals surface area contributed by atoms with Crippen LogP contribution in [0.5, 0.6) is 0 Å². The van der Waals surface area contributed by atoms with Crippen molar-refractivity contribution in [2.45, 2.75) is 18.9 Å². The average molecular weight is 167 g/mol. The third-order valence-corrected chi connectivity index (χ3v) is 1.78. The fourth-order valence-corrected chi connectivity index (χ4v) is 1.08. The van der Waals surface area contributed by atoms with Crippen LogP contribution in [0.4, 0.5) is 0 Å². The van der Waals surface area contributed by atoms with Crippen LogP contribution < -0.4 is 11.1 Å². The van der Waals surface area contributed by atoms with E-state index in [1.54, 1.807) is 13.2 Å². The zero-order valence-corrected chi connectivity index (χ0v) is 7.08. The first kappa shape index (κ1) is 8.93. The number of carbonyl (C=O) groups is 1. The van der Waals surface area contributed by atoms with Crippen molar-refractivity contribution in [2.75, 3.05) is 7.05 Å². The number of carbonyl (C=O) groups excluding carboxylic acids is 1. The number of nitrogens with one attached hydrogen (secondary N) is 1. The van der Waals surface area contributed by atoms with E-state index in [0.717, 1.165) is 12.0 Å². The third-order valence-electron chi connectivity index (χ3n) is 1.78. The van der Waals surface area contributed by atoms with Gasteiger partial charge in [0, 0.05) is 25.9 Å². The van der Waals surface area contributed by atoms with E-state index in [2.05, 4.69) is 10.3 Å². The summed E-state index contributed by atoms with van der Waals surface area (Å²) >= 11 is 0. The standard InChI is InChI=1S/C8H13N3O/c1-10-8(12)7(9)4-6-2-3-11-5-6/h3,5,7H,2,4,9H2,1H3,(H,10,12)/t7-/m0/s1. The van der Waals surface area contributed by atoms with Crippen LogP contribution in [0.15, 0.2) is 16.8 Å². The molecule has 0 aromatic carbocycles. The Hall–Kier alpha value is -1.16. The molecule has 0 aromatic heterocycles. The monoisotopic (exact) mass is 167 g/mol. The van der Waals surface area contributed by atoms with Crippen LogP contribution in [0, 0.1) is 0 Å². The lowest BCUT2D eigenvalue weighted by molar-refractivity contribution is -0.121. The molecule has 0 bridgehead atoms. The summed E-state index contributed by atoms with van der Waals surface area (Å²) in [6.07, 6.45) is 5.00. The highest BCUT2D eigenvalue weighted by Gasteiger charge is 2.13.